The predicted octanol–water partition coefficient (Wildman–Crippen LogP) is 2.37. The summed E-state index contributed by atoms with van der Waals surface area (Å²) < 4.78 is 1.18. The number of amides is 1. The van der Waals surface area contributed by atoms with Crippen LogP contribution in [0.3, 0.4) is 0 Å². The number of hydrogen-bond donors (Lipinski definition) is 3. The standard InChI is InChI=1S/C17H20N2OS2.C2H2O4/c20-17(16-8-12-4-1-2-5-15(12)22-16)18-6-3-7-19-10-14-9-13(19)11-21-14;3-1(4)2(5)6/h1-2,4-5,8,13-14H,3,6-7,9-11H2,(H,18,20);(H,3,4)(H,5,6). The highest BCUT2D eigenvalue weighted by Crippen LogP contribution is 2.37. The Balaban J connectivity index is 0.000000330. The molecule has 1 aromatic heterocycles. The minimum atomic E-state index is -1.82. The summed E-state index contributed by atoms with van der Waals surface area (Å²) >= 11 is 3.70. The van der Waals surface area contributed by atoms with Crippen molar-refractivity contribution in [2.24, 2.45) is 0 Å². The van der Waals surface area contributed by atoms with Crippen LogP contribution in [0.2, 0.25) is 0 Å². The lowest BCUT2D eigenvalue weighted by atomic mass is 10.2. The largest absolute Gasteiger partial charge is 0.473 e. The van der Waals surface area contributed by atoms with Crippen LogP contribution >= 0.6 is 23.1 Å². The number of nitrogens with zero attached hydrogens (tertiary/aromatic N) is 1. The van der Waals surface area contributed by atoms with Gasteiger partial charge in [0.1, 0.15) is 0 Å². The number of nitrogens with one attached hydrogen (secondary N) is 1. The first kappa shape index (κ1) is 20.6. The quantitative estimate of drug-likeness (QED) is 0.502. The summed E-state index contributed by atoms with van der Waals surface area (Å²) in [4.78, 5) is 33.8. The van der Waals surface area contributed by atoms with Gasteiger partial charge in [0, 0.05) is 41.4 Å². The Hall–Kier alpha value is -2.10. The van der Waals surface area contributed by atoms with Crippen molar-refractivity contribution in [3.63, 3.8) is 0 Å². The molecule has 2 saturated heterocycles. The number of aliphatic carboxylic acids is 2. The van der Waals surface area contributed by atoms with Crippen LogP contribution in [0.1, 0.15) is 22.5 Å². The molecule has 0 radical (unpaired) electrons. The van der Waals surface area contributed by atoms with Crippen molar-refractivity contribution in [1.82, 2.24) is 10.2 Å². The Labute approximate surface area is 170 Å². The fourth-order valence-corrected chi connectivity index (χ4v) is 5.89. The van der Waals surface area contributed by atoms with Gasteiger partial charge in [-0.1, -0.05) is 18.2 Å². The van der Waals surface area contributed by atoms with Gasteiger partial charge >= 0.3 is 11.9 Å². The highest BCUT2D eigenvalue weighted by molar-refractivity contribution is 8.00. The summed E-state index contributed by atoms with van der Waals surface area (Å²) in [6, 6.07) is 10.9. The van der Waals surface area contributed by atoms with E-state index in [9.17, 15) is 4.79 Å². The maximum atomic E-state index is 12.2. The first-order valence-corrected chi connectivity index (χ1v) is 10.9. The number of fused-ring (bicyclic) bond motifs is 3. The second-order valence-electron chi connectivity index (χ2n) is 6.71. The van der Waals surface area contributed by atoms with Gasteiger partial charge in [-0.25, -0.2) is 9.59 Å². The maximum absolute atomic E-state index is 12.2. The fourth-order valence-electron chi connectivity index (χ4n) is 3.42. The lowest BCUT2D eigenvalue weighted by Crippen LogP contribution is -2.36. The normalized spacial score (nSPS) is 20.6. The lowest BCUT2D eigenvalue weighted by molar-refractivity contribution is -0.159. The molecule has 2 aliphatic rings. The molecule has 7 nitrogen and oxygen atoms in total. The van der Waals surface area contributed by atoms with Crippen LogP contribution in [0.4, 0.5) is 0 Å². The molecule has 2 atom stereocenters. The van der Waals surface area contributed by atoms with Gasteiger partial charge in [-0.2, -0.15) is 11.8 Å². The Morgan fingerprint density at radius 2 is 1.93 bits per heavy atom. The molecule has 28 heavy (non-hydrogen) atoms. The highest BCUT2D eigenvalue weighted by atomic mass is 32.2. The van der Waals surface area contributed by atoms with Gasteiger partial charge in [0.2, 0.25) is 0 Å². The minimum absolute atomic E-state index is 0.0692. The Bertz CT molecular complexity index is 824. The van der Waals surface area contributed by atoms with Crippen molar-refractivity contribution >= 4 is 51.0 Å². The zero-order valence-electron chi connectivity index (χ0n) is 15.2. The third kappa shape index (κ3) is 5.24. The van der Waals surface area contributed by atoms with Crippen molar-refractivity contribution in [3.8, 4) is 0 Å². The molecule has 2 bridgehead atoms. The van der Waals surface area contributed by atoms with Crippen LogP contribution in [0.15, 0.2) is 30.3 Å². The maximum Gasteiger partial charge on any atom is 0.414 e. The zero-order chi connectivity index (χ0) is 20.1. The second kappa shape index (κ2) is 9.40. The number of thiophene rings is 1. The first-order valence-electron chi connectivity index (χ1n) is 9.02. The van der Waals surface area contributed by atoms with Crippen LogP contribution in [-0.2, 0) is 9.59 Å². The van der Waals surface area contributed by atoms with Gasteiger partial charge in [0.05, 0.1) is 4.88 Å². The smallest absolute Gasteiger partial charge is 0.414 e. The van der Waals surface area contributed by atoms with E-state index in [4.69, 9.17) is 19.8 Å². The van der Waals surface area contributed by atoms with Crippen LogP contribution in [0.5, 0.6) is 0 Å². The number of carboxylic acid groups (broad SMARTS) is 2. The molecule has 2 aromatic rings. The third-order valence-corrected chi connectivity index (χ3v) is 7.26. The van der Waals surface area contributed by atoms with E-state index in [1.54, 1.807) is 11.3 Å². The average molecular weight is 423 g/mol. The number of benzene rings is 1. The van der Waals surface area contributed by atoms with Crippen molar-refractivity contribution in [3.05, 3.63) is 35.2 Å². The average Bonchev–Trinajstić information content (AvgIpc) is 3.40. The number of carbonyl (C=O) groups excluding carboxylic acids is 1. The van der Waals surface area contributed by atoms with E-state index in [-0.39, 0.29) is 5.91 Å². The van der Waals surface area contributed by atoms with E-state index < -0.39 is 11.9 Å². The molecule has 4 rings (SSSR count). The van der Waals surface area contributed by atoms with Gasteiger partial charge in [-0.3, -0.25) is 9.69 Å². The molecule has 3 heterocycles. The zero-order valence-corrected chi connectivity index (χ0v) is 16.8. The highest BCUT2D eigenvalue weighted by Gasteiger charge is 2.37. The van der Waals surface area contributed by atoms with Crippen LogP contribution < -0.4 is 5.32 Å². The molecule has 1 amide bonds. The summed E-state index contributed by atoms with van der Waals surface area (Å²) in [5.41, 5.74) is 0. The summed E-state index contributed by atoms with van der Waals surface area (Å²) in [6.45, 7) is 3.14. The number of hydrogen-bond acceptors (Lipinski definition) is 6. The van der Waals surface area contributed by atoms with Gasteiger partial charge in [0.25, 0.3) is 5.91 Å². The molecule has 1 aromatic carbocycles. The number of likely N-dealkylation sites (tertiary alicyclic amines) is 1. The van der Waals surface area contributed by atoms with Crippen molar-refractivity contribution in [2.45, 2.75) is 24.1 Å². The predicted molar refractivity (Wildman–Crippen MR) is 110 cm³/mol. The molecule has 0 aliphatic carbocycles. The summed E-state index contributed by atoms with van der Waals surface area (Å²) in [5.74, 6) is -2.27. The molecule has 2 fully saturated rings. The Morgan fingerprint density at radius 3 is 2.54 bits per heavy atom. The molecule has 2 unspecified atom stereocenters. The van der Waals surface area contributed by atoms with Crippen molar-refractivity contribution < 1.29 is 24.6 Å². The van der Waals surface area contributed by atoms with E-state index in [1.807, 2.05) is 18.2 Å². The fraction of sp³-hybridized carbons (Fsp3) is 0.421. The van der Waals surface area contributed by atoms with E-state index >= 15 is 0 Å². The summed E-state index contributed by atoms with van der Waals surface area (Å²) in [5, 5.41) is 19.9. The number of thioether (sulfide) groups is 1. The number of rotatable bonds is 5. The van der Waals surface area contributed by atoms with Crippen LogP contribution in [-0.4, -0.2) is 69.6 Å². The monoisotopic (exact) mass is 422 g/mol. The molecule has 0 saturated carbocycles. The molecule has 0 spiro atoms. The topological polar surface area (TPSA) is 107 Å². The molecular weight excluding hydrogens is 400 g/mol. The van der Waals surface area contributed by atoms with E-state index in [0.717, 1.165) is 41.1 Å². The third-order valence-electron chi connectivity index (χ3n) is 4.75. The van der Waals surface area contributed by atoms with Gasteiger partial charge in [-0.15, -0.1) is 11.3 Å². The molecule has 3 N–H and O–H groups in total. The Morgan fingerprint density at radius 1 is 1.18 bits per heavy atom. The van der Waals surface area contributed by atoms with Gasteiger partial charge < -0.3 is 15.5 Å². The van der Waals surface area contributed by atoms with Gasteiger partial charge in [-0.05, 0) is 30.4 Å². The van der Waals surface area contributed by atoms with Crippen molar-refractivity contribution in [2.75, 3.05) is 25.4 Å². The SMILES string of the molecule is O=C(NCCCN1CC2CC1CS2)c1cc2ccccc2s1.O=C(O)C(=O)O. The Kier molecular flexibility index (Phi) is 6.93. The van der Waals surface area contributed by atoms with Gasteiger partial charge in [0.15, 0.2) is 0 Å². The molecular formula is C19H22N2O5S2. The number of carboxylic acids is 2. The second-order valence-corrected chi connectivity index (χ2v) is 9.13. The van der Waals surface area contributed by atoms with E-state index in [2.05, 4.69) is 34.1 Å². The van der Waals surface area contributed by atoms with E-state index in [0.29, 0.717) is 0 Å². The first-order chi connectivity index (χ1) is 13.4. The minimum Gasteiger partial charge on any atom is -0.473 e. The molecule has 2 aliphatic heterocycles. The van der Waals surface area contributed by atoms with Crippen LogP contribution in [0.25, 0.3) is 10.1 Å². The number of carbonyl (C=O) groups is 3. The summed E-state index contributed by atoms with van der Waals surface area (Å²) in [6.07, 6.45) is 2.42. The summed E-state index contributed by atoms with van der Waals surface area (Å²) in [7, 11) is 0. The molecule has 150 valence electrons. The van der Waals surface area contributed by atoms with E-state index in [1.165, 1.54) is 23.4 Å². The lowest BCUT2D eigenvalue weighted by Gasteiger charge is -2.26. The molecule has 9 heteroatoms. The van der Waals surface area contributed by atoms with Crippen molar-refractivity contribution in [1.29, 1.82) is 0 Å². The van der Waals surface area contributed by atoms with Crippen LogP contribution in [0, 0.1) is 0 Å².